The highest BCUT2D eigenvalue weighted by molar-refractivity contribution is 9.10. The number of carbonyl (C=O) groups excluding carboxylic acids is 2. The van der Waals surface area contributed by atoms with Crippen molar-refractivity contribution in [3.63, 3.8) is 0 Å². The number of imide groups is 1. The minimum atomic E-state index is -5.17. The Morgan fingerprint density at radius 2 is 1.63 bits per heavy atom. The maximum Gasteiger partial charge on any atom is 0.487 e. The van der Waals surface area contributed by atoms with Gasteiger partial charge in [0.2, 0.25) is 11.8 Å². The molecule has 1 aliphatic carbocycles. The van der Waals surface area contributed by atoms with Gasteiger partial charge in [0.15, 0.2) is 0 Å². The van der Waals surface area contributed by atoms with Crippen LogP contribution < -0.4 is 4.90 Å². The third kappa shape index (κ3) is 5.29. The number of hydrogen-bond donors (Lipinski definition) is 2. The van der Waals surface area contributed by atoms with Crippen LogP contribution in [0.3, 0.4) is 0 Å². The predicted molar refractivity (Wildman–Crippen MR) is 138 cm³/mol. The molecule has 2 aliphatic heterocycles. The van der Waals surface area contributed by atoms with Gasteiger partial charge in [0, 0.05) is 10.0 Å². The molecule has 0 unspecified atom stereocenters. The van der Waals surface area contributed by atoms with E-state index in [1.54, 1.807) is 12.1 Å². The summed E-state index contributed by atoms with van der Waals surface area (Å²) < 4.78 is 87.7. The first kappa shape index (κ1) is 29.7. The molecule has 0 radical (unpaired) electrons. The number of nitrogens with zero attached hydrogens (tertiary/aromatic N) is 1. The lowest BCUT2D eigenvalue weighted by molar-refractivity contribution is -0.143. The molecule has 0 spiro atoms. The quantitative estimate of drug-likeness (QED) is 0.222. The molecular weight excluding hydrogens is 623 g/mol. The summed E-state index contributed by atoms with van der Waals surface area (Å²) in [7, 11) is -1.50. The van der Waals surface area contributed by atoms with Crippen molar-refractivity contribution in [2.24, 2.45) is 17.8 Å². The normalized spacial score (nSPS) is 25.1. The lowest BCUT2D eigenvalue weighted by atomic mass is 9.54. The van der Waals surface area contributed by atoms with Gasteiger partial charge in [-0.25, -0.2) is 4.90 Å². The highest BCUT2D eigenvalue weighted by Gasteiger charge is 2.58. The number of aromatic hydroxyl groups is 1. The van der Waals surface area contributed by atoms with E-state index in [-0.39, 0.29) is 24.7 Å². The van der Waals surface area contributed by atoms with Crippen LogP contribution in [0.2, 0.25) is 0 Å². The van der Waals surface area contributed by atoms with E-state index in [0.29, 0.717) is 51.0 Å². The highest BCUT2D eigenvalue weighted by Crippen LogP contribution is 2.54. The number of phenols is 1. The fourth-order valence-corrected chi connectivity index (χ4v) is 6.63. The summed E-state index contributed by atoms with van der Waals surface area (Å²) in [4.78, 5) is 27.8. The predicted octanol–water partition coefficient (Wildman–Crippen LogP) is 6.60. The molecule has 14 heteroatoms. The molecule has 5 rings (SSSR count). The Kier molecular flexibility index (Phi) is 7.57. The van der Waals surface area contributed by atoms with Crippen LogP contribution in [0.15, 0.2) is 51.9 Å². The highest BCUT2D eigenvalue weighted by atomic mass is 79.9. The van der Waals surface area contributed by atoms with E-state index in [1.165, 1.54) is 6.07 Å². The number of halogens is 7. The van der Waals surface area contributed by atoms with Crippen molar-refractivity contribution in [3.8, 4) is 5.75 Å². The lowest BCUT2D eigenvalue weighted by Crippen LogP contribution is -2.45. The zero-order chi connectivity index (χ0) is 30.0. The van der Waals surface area contributed by atoms with Crippen molar-refractivity contribution in [2.75, 3.05) is 4.90 Å². The maximum atomic E-state index is 13.8. The molecule has 0 saturated carbocycles. The number of allylic oxidation sites excluding steroid dienone is 2. The molecule has 2 fully saturated rings. The van der Waals surface area contributed by atoms with Crippen LogP contribution in [0, 0.1) is 17.8 Å². The van der Waals surface area contributed by atoms with Gasteiger partial charge >= 0.3 is 19.5 Å². The molecule has 2 heterocycles. The standard InChI is InChI=1S/C27H23BBrF6NO5/c1-2-3-12-6-19-22(18-11-21(41-28(40)23(12)18)17-10-15(29)4-5-20(17)37)25(39)36(24(19)38)16-8-13(26(30,31)32)7-14(9-16)27(33,34)35/h4-5,7-10,18-19,21-22,37,40H,2-3,6,11H2,1H3/t18-,19-,21-,22+/m0/s1. The van der Waals surface area contributed by atoms with Crippen molar-refractivity contribution in [1.82, 2.24) is 0 Å². The van der Waals surface area contributed by atoms with Gasteiger partial charge < -0.3 is 14.8 Å². The first-order chi connectivity index (χ1) is 19.1. The van der Waals surface area contributed by atoms with Gasteiger partial charge in [-0.1, -0.05) is 34.8 Å². The third-order valence-electron chi connectivity index (χ3n) is 7.93. The molecule has 3 aliphatic rings. The topological polar surface area (TPSA) is 87.1 Å². The molecule has 4 atom stereocenters. The molecule has 6 nitrogen and oxygen atoms in total. The second-order valence-electron chi connectivity index (χ2n) is 10.4. The summed E-state index contributed by atoms with van der Waals surface area (Å²) in [6, 6.07) is 5.23. The number of alkyl halides is 6. The molecule has 2 aromatic rings. The molecule has 218 valence electrons. The molecule has 2 aromatic carbocycles. The number of benzene rings is 2. The summed E-state index contributed by atoms with van der Waals surface area (Å²) in [6.45, 7) is 1.86. The van der Waals surface area contributed by atoms with Crippen molar-refractivity contribution >= 4 is 40.6 Å². The molecule has 41 heavy (non-hydrogen) atoms. The Hall–Kier alpha value is -2.84. The van der Waals surface area contributed by atoms with Crippen LogP contribution >= 0.6 is 15.9 Å². The maximum absolute atomic E-state index is 13.8. The van der Waals surface area contributed by atoms with E-state index in [9.17, 15) is 46.1 Å². The van der Waals surface area contributed by atoms with Gasteiger partial charge in [0.05, 0.1) is 34.8 Å². The summed E-state index contributed by atoms with van der Waals surface area (Å²) in [5.41, 5.74) is -2.75. The van der Waals surface area contributed by atoms with Crippen molar-refractivity contribution in [2.45, 2.75) is 51.1 Å². The Morgan fingerprint density at radius 3 is 2.22 bits per heavy atom. The van der Waals surface area contributed by atoms with Crippen LogP contribution in [0.1, 0.15) is 55.4 Å². The van der Waals surface area contributed by atoms with Crippen LogP contribution in [0.25, 0.3) is 0 Å². The van der Waals surface area contributed by atoms with E-state index >= 15 is 0 Å². The number of carbonyl (C=O) groups is 2. The first-order valence-corrected chi connectivity index (χ1v) is 13.6. The monoisotopic (exact) mass is 645 g/mol. The van der Waals surface area contributed by atoms with Gasteiger partial charge in [0.1, 0.15) is 5.75 Å². The Balaban J connectivity index is 1.60. The fraction of sp³-hybridized carbons (Fsp3) is 0.407. The lowest BCUT2D eigenvalue weighted by Gasteiger charge is -2.42. The second kappa shape index (κ2) is 10.5. The van der Waals surface area contributed by atoms with Gasteiger partial charge in [-0.05, 0) is 67.1 Å². The summed E-state index contributed by atoms with van der Waals surface area (Å²) in [5.74, 6) is -5.00. The van der Waals surface area contributed by atoms with Crippen LogP contribution in [0.4, 0.5) is 32.0 Å². The molecule has 2 saturated heterocycles. The number of anilines is 1. The van der Waals surface area contributed by atoms with Gasteiger partial charge in [-0.2, -0.15) is 26.3 Å². The van der Waals surface area contributed by atoms with Crippen molar-refractivity contribution in [1.29, 1.82) is 0 Å². The van der Waals surface area contributed by atoms with Crippen LogP contribution in [-0.4, -0.2) is 29.1 Å². The summed E-state index contributed by atoms with van der Waals surface area (Å²) >= 11 is 3.31. The van der Waals surface area contributed by atoms with Crippen LogP contribution in [0.5, 0.6) is 5.75 Å². The summed E-state index contributed by atoms with van der Waals surface area (Å²) in [6.07, 6.45) is -10.2. The zero-order valence-corrected chi connectivity index (χ0v) is 23.0. The van der Waals surface area contributed by atoms with Crippen LogP contribution in [-0.2, 0) is 26.6 Å². The average molecular weight is 646 g/mol. The van der Waals surface area contributed by atoms with E-state index in [1.807, 2.05) is 6.92 Å². The number of hydrogen-bond acceptors (Lipinski definition) is 5. The molecular formula is C27H23BBrF6NO5. The summed E-state index contributed by atoms with van der Waals surface area (Å²) in [5, 5.41) is 21.5. The van der Waals surface area contributed by atoms with Gasteiger partial charge in [-0.15, -0.1) is 0 Å². The van der Waals surface area contributed by atoms with Gasteiger partial charge in [-0.3, -0.25) is 9.59 Å². The zero-order valence-electron chi connectivity index (χ0n) is 21.4. The van der Waals surface area contributed by atoms with E-state index in [4.69, 9.17) is 4.65 Å². The largest absolute Gasteiger partial charge is 0.508 e. The Labute approximate surface area is 239 Å². The van der Waals surface area contributed by atoms with E-state index in [0.717, 1.165) is 0 Å². The number of rotatable bonds is 4. The third-order valence-corrected chi connectivity index (χ3v) is 8.42. The minimum absolute atomic E-state index is 0.00370. The first-order valence-electron chi connectivity index (χ1n) is 12.8. The van der Waals surface area contributed by atoms with Crippen molar-refractivity contribution < 1.29 is 50.7 Å². The molecule has 0 aromatic heterocycles. The molecule has 2 amide bonds. The smallest absolute Gasteiger partial charge is 0.487 e. The van der Waals surface area contributed by atoms with E-state index < -0.39 is 72.0 Å². The Bertz CT molecular complexity index is 1410. The van der Waals surface area contributed by atoms with Crippen molar-refractivity contribution in [3.05, 3.63) is 68.6 Å². The SMILES string of the molecule is CCCC1=C2B(O)O[C@H](c3cc(Br)ccc3O)C[C@H]2[C@H]2C(=O)N(c3cc(C(F)(F)F)cc(C(F)(F)F)c3)C(=O)[C@H]2C1. The molecule has 2 N–H and O–H groups in total. The molecule has 0 bridgehead atoms. The average Bonchev–Trinajstić information content (AvgIpc) is 3.13. The number of phenolic OH excluding ortho intramolecular Hbond substituents is 1. The van der Waals surface area contributed by atoms with E-state index in [2.05, 4.69) is 15.9 Å². The number of amides is 2. The fourth-order valence-electron chi connectivity index (χ4n) is 6.26. The van der Waals surface area contributed by atoms with Gasteiger partial charge in [0.25, 0.3) is 0 Å². The minimum Gasteiger partial charge on any atom is -0.508 e. The Morgan fingerprint density at radius 1 is 1.00 bits per heavy atom. The second-order valence-corrected chi connectivity index (χ2v) is 11.4. The number of fused-ring (bicyclic) bond motifs is 3.